The molecule has 1 unspecified atom stereocenters. The van der Waals surface area contributed by atoms with E-state index in [1.165, 1.54) is 15.6 Å². The van der Waals surface area contributed by atoms with Crippen molar-refractivity contribution in [3.05, 3.63) is 35.2 Å². The minimum Gasteiger partial charge on any atom is -0.388 e. The maximum atomic E-state index is 12.5. The molecule has 3 nitrogen and oxygen atoms in total. The molecular weight excluding hydrogens is 306 g/mol. The number of likely N-dealkylation sites (tertiary alicyclic amines) is 1. The highest BCUT2D eigenvalue weighted by Crippen LogP contribution is 2.29. The van der Waals surface area contributed by atoms with E-state index in [9.17, 15) is 9.90 Å². The van der Waals surface area contributed by atoms with E-state index >= 15 is 0 Å². The fourth-order valence-electron chi connectivity index (χ4n) is 3.60. The molecule has 1 amide bonds. The normalized spacial score (nSPS) is 18.7. The van der Waals surface area contributed by atoms with Crippen molar-refractivity contribution in [3.8, 4) is 0 Å². The van der Waals surface area contributed by atoms with Gasteiger partial charge >= 0.3 is 0 Å². The molecule has 1 saturated heterocycles. The van der Waals surface area contributed by atoms with Gasteiger partial charge in [0.2, 0.25) is 5.91 Å². The highest BCUT2D eigenvalue weighted by Gasteiger charge is 2.37. The number of rotatable bonds is 5. The summed E-state index contributed by atoms with van der Waals surface area (Å²) >= 11 is 1.77. The summed E-state index contributed by atoms with van der Waals surface area (Å²) in [6, 6.07) is 8.41. The number of nitrogens with zero attached hydrogens (tertiary/aromatic N) is 1. The lowest BCUT2D eigenvalue weighted by Crippen LogP contribution is -2.48. The predicted molar refractivity (Wildman–Crippen MR) is 95.8 cm³/mol. The second kappa shape index (κ2) is 6.62. The van der Waals surface area contributed by atoms with Crippen LogP contribution in [0.5, 0.6) is 0 Å². The fraction of sp³-hybridized carbons (Fsp3) is 0.526. The molecule has 124 valence electrons. The molecule has 1 aromatic heterocycles. The van der Waals surface area contributed by atoms with Crippen LogP contribution in [0.1, 0.15) is 45.1 Å². The monoisotopic (exact) mass is 331 g/mol. The Bertz CT molecular complexity index is 686. The standard InChI is InChI=1S/C19H25NO2S/c1-19(2,22)17-10-6-12-20(17)18(21)11-5-7-14-13-23-16-9-4-3-8-15(14)16/h3-4,8-9,13,17,22H,5-7,10-12H2,1-2H3. The van der Waals surface area contributed by atoms with Crippen LogP contribution in [0.2, 0.25) is 0 Å². The summed E-state index contributed by atoms with van der Waals surface area (Å²) in [4.78, 5) is 14.4. The minimum atomic E-state index is -0.810. The van der Waals surface area contributed by atoms with Gasteiger partial charge in [0.25, 0.3) is 0 Å². The van der Waals surface area contributed by atoms with Crippen molar-refractivity contribution in [1.82, 2.24) is 4.90 Å². The smallest absolute Gasteiger partial charge is 0.222 e. The number of carbonyl (C=O) groups is 1. The Morgan fingerprint density at radius 1 is 1.39 bits per heavy atom. The molecule has 1 aliphatic heterocycles. The van der Waals surface area contributed by atoms with Crippen molar-refractivity contribution in [2.24, 2.45) is 0 Å². The SMILES string of the molecule is CC(C)(O)C1CCCN1C(=O)CCCc1csc2ccccc12. The third-order valence-corrected chi connectivity index (χ3v) is 5.80. The molecule has 0 radical (unpaired) electrons. The third kappa shape index (κ3) is 3.59. The first-order chi connectivity index (χ1) is 11.0. The minimum absolute atomic E-state index is 0.0306. The zero-order chi connectivity index (χ0) is 16.4. The van der Waals surface area contributed by atoms with Crippen molar-refractivity contribution >= 4 is 27.3 Å². The van der Waals surface area contributed by atoms with E-state index in [1.54, 1.807) is 25.2 Å². The van der Waals surface area contributed by atoms with Crippen LogP contribution in [0, 0.1) is 0 Å². The lowest BCUT2D eigenvalue weighted by molar-refractivity contribution is -0.136. The summed E-state index contributed by atoms with van der Waals surface area (Å²) in [5, 5.41) is 13.8. The summed E-state index contributed by atoms with van der Waals surface area (Å²) in [7, 11) is 0. The van der Waals surface area contributed by atoms with Gasteiger partial charge in [0, 0.05) is 17.7 Å². The van der Waals surface area contributed by atoms with Crippen molar-refractivity contribution in [1.29, 1.82) is 0 Å². The third-order valence-electron chi connectivity index (χ3n) is 4.79. The van der Waals surface area contributed by atoms with Crippen LogP contribution in [-0.2, 0) is 11.2 Å². The van der Waals surface area contributed by atoms with E-state index in [4.69, 9.17) is 0 Å². The molecular formula is C19H25NO2S. The van der Waals surface area contributed by atoms with Gasteiger partial charge in [-0.25, -0.2) is 0 Å². The molecule has 2 heterocycles. The topological polar surface area (TPSA) is 40.5 Å². The van der Waals surface area contributed by atoms with Crippen LogP contribution in [0.3, 0.4) is 0 Å². The number of amides is 1. The zero-order valence-electron chi connectivity index (χ0n) is 13.9. The maximum absolute atomic E-state index is 12.5. The second-order valence-corrected chi connectivity index (χ2v) is 7.92. The first kappa shape index (κ1) is 16.5. The van der Waals surface area contributed by atoms with Gasteiger partial charge in [-0.3, -0.25) is 4.79 Å². The Morgan fingerprint density at radius 2 is 2.17 bits per heavy atom. The second-order valence-electron chi connectivity index (χ2n) is 7.01. The number of carbonyl (C=O) groups excluding carboxylic acids is 1. The van der Waals surface area contributed by atoms with Gasteiger partial charge in [-0.15, -0.1) is 11.3 Å². The number of fused-ring (bicyclic) bond motifs is 1. The number of benzene rings is 1. The molecule has 1 fully saturated rings. The number of aryl methyl sites for hydroxylation is 1. The molecule has 3 rings (SSSR count). The van der Waals surface area contributed by atoms with E-state index in [2.05, 4.69) is 29.6 Å². The Morgan fingerprint density at radius 3 is 2.96 bits per heavy atom. The molecule has 23 heavy (non-hydrogen) atoms. The lowest BCUT2D eigenvalue weighted by atomic mass is 9.96. The average Bonchev–Trinajstić information content (AvgIpc) is 3.13. The zero-order valence-corrected chi connectivity index (χ0v) is 14.7. The lowest BCUT2D eigenvalue weighted by Gasteiger charge is -2.33. The molecule has 1 aromatic carbocycles. The molecule has 0 spiro atoms. The van der Waals surface area contributed by atoms with E-state index < -0.39 is 5.60 Å². The van der Waals surface area contributed by atoms with E-state index in [0.29, 0.717) is 6.42 Å². The summed E-state index contributed by atoms with van der Waals surface area (Å²) in [6.07, 6.45) is 4.28. The number of thiophene rings is 1. The molecule has 1 N–H and O–H groups in total. The number of hydrogen-bond donors (Lipinski definition) is 1. The van der Waals surface area contributed by atoms with Crippen LogP contribution < -0.4 is 0 Å². The van der Waals surface area contributed by atoms with Crippen LogP contribution in [0.25, 0.3) is 10.1 Å². The summed E-state index contributed by atoms with van der Waals surface area (Å²) < 4.78 is 1.32. The first-order valence-corrected chi connectivity index (χ1v) is 9.32. The molecule has 0 aliphatic carbocycles. The fourth-order valence-corrected chi connectivity index (χ4v) is 4.60. The van der Waals surface area contributed by atoms with Gasteiger partial charge < -0.3 is 10.0 Å². The van der Waals surface area contributed by atoms with Gasteiger partial charge in [0.1, 0.15) is 0 Å². The summed E-state index contributed by atoms with van der Waals surface area (Å²) in [6.45, 7) is 4.40. The van der Waals surface area contributed by atoms with Gasteiger partial charge in [0.05, 0.1) is 11.6 Å². The molecule has 1 atom stereocenters. The maximum Gasteiger partial charge on any atom is 0.222 e. The Labute approximate surface area is 141 Å². The number of aliphatic hydroxyl groups is 1. The van der Waals surface area contributed by atoms with Gasteiger partial charge in [-0.1, -0.05) is 18.2 Å². The highest BCUT2D eigenvalue weighted by atomic mass is 32.1. The Balaban J connectivity index is 1.57. The van der Waals surface area contributed by atoms with Crippen LogP contribution in [-0.4, -0.2) is 34.1 Å². The van der Waals surface area contributed by atoms with Gasteiger partial charge in [0.15, 0.2) is 0 Å². The quantitative estimate of drug-likeness (QED) is 0.900. The highest BCUT2D eigenvalue weighted by molar-refractivity contribution is 7.17. The van der Waals surface area contributed by atoms with Crippen molar-refractivity contribution in [2.75, 3.05) is 6.54 Å². The van der Waals surface area contributed by atoms with Crippen LogP contribution in [0.4, 0.5) is 0 Å². The molecule has 0 saturated carbocycles. The van der Waals surface area contributed by atoms with E-state index in [1.807, 2.05) is 4.90 Å². The summed E-state index contributed by atoms with van der Waals surface area (Å²) in [5.41, 5.74) is 0.536. The number of hydrogen-bond acceptors (Lipinski definition) is 3. The largest absolute Gasteiger partial charge is 0.388 e. The first-order valence-electron chi connectivity index (χ1n) is 8.44. The summed E-state index contributed by atoms with van der Waals surface area (Å²) in [5.74, 6) is 0.189. The molecule has 1 aliphatic rings. The average molecular weight is 331 g/mol. The van der Waals surface area contributed by atoms with Crippen LogP contribution in [0.15, 0.2) is 29.6 Å². The molecule has 2 aromatic rings. The van der Waals surface area contributed by atoms with E-state index in [0.717, 1.165) is 32.2 Å². The predicted octanol–water partition coefficient (Wildman–Crippen LogP) is 3.99. The van der Waals surface area contributed by atoms with E-state index in [-0.39, 0.29) is 11.9 Å². The van der Waals surface area contributed by atoms with Gasteiger partial charge in [-0.05, 0) is 61.9 Å². The molecule has 4 heteroatoms. The van der Waals surface area contributed by atoms with Crippen molar-refractivity contribution < 1.29 is 9.90 Å². The van der Waals surface area contributed by atoms with Crippen LogP contribution >= 0.6 is 11.3 Å². The molecule has 0 bridgehead atoms. The van der Waals surface area contributed by atoms with Crippen molar-refractivity contribution in [2.45, 2.75) is 57.6 Å². The Hall–Kier alpha value is -1.39. The van der Waals surface area contributed by atoms with Gasteiger partial charge in [-0.2, -0.15) is 0 Å². The van der Waals surface area contributed by atoms with Crippen molar-refractivity contribution in [3.63, 3.8) is 0 Å². The Kier molecular flexibility index (Phi) is 4.74.